The van der Waals surface area contributed by atoms with Gasteiger partial charge in [0.1, 0.15) is 5.56 Å². The molecule has 5 nitrogen and oxygen atoms in total. The first kappa shape index (κ1) is 14.1. The topological polar surface area (TPSA) is 73.4 Å². The zero-order valence-corrected chi connectivity index (χ0v) is 11.7. The van der Waals surface area contributed by atoms with Gasteiger partial charge in [-0.25, -0.2) is 0 Å². The van der Waals surface area contributed by atoms with Gasteiger partial charge in [0.15, 0.2) is 0 Å². The average Bonchev–Trinajstić information content (AvgIpc) is 2.80. The molecule has 2 rings (SSSR count). The number of aliphatic hydroxyl groups is 1. The van der Waals surface area contributed by atoms with Crippen molar-refractivity contribution >= 4 is 17.5 Å². The van der Waals surface area contributed by atoms with E-state index in [1.165, 1.54) is 12.3 Å². The van der Waals surface area contributed by atoms with Gasteiger partial charge in [-0.05, 0) is 26.3 Å². The van der Waals surface area contributed by atoms with E-state index < -0.39 is 11.2 Å². The number of pyridine rings is 1. The van der Waals surface area contributed by atoms with E-state index in [4.69, 9.17) is 11.6 Å². The van der Waals surface area contributed by atoms with Crippen LogP contribution in [0.2, 0.25) is 5.02 Å². The zero-order chi connectivity index (χ0) is 14.2. The lowest BCUT2D eigenvalue weighted by Gasteiger charge is -2.25. The van der Waals surface area contributed by atoms with Crippen molar-refractivity contribution in [2.75, 3.05) is 13.1 Å². The molecule has 19 heavy (non-hydrogen) atoms. The van der Waals surface area contributed by atoms with E-state index in [1.54, 1.807) is 18.7 Å². The molecule has 1 aliphatic rings. The minimum absolute atomic E-state index is 0.0229. The number of nitrogens with one attached hydrogen (secondary N) is 1. The Hall–Kier alpha value is -1.33. The summed E-state index contributed by atoms with van der Waals surface area (Å²) < 4.78 is 0. The second-order valence-corrected chi connectivity index (χ2v) is 5.89. The van der Waals surface area contributed by atoms with Crippen molar-refractivity contribution < 1.29 is 9.90 Å². The highest BCUT2D eigenvalue weighted by atomic mass is 35.5. The maximum atomic E-state index is 12.3. The summed E-state index contributed by atoms with van der Waals surface area (Å²) in [7, 11) is 0. The minimum Gasteiger partial charge on any atom is -0.390 e. The summed E-state index contributed by atoms with van der Waals surface area (Å²) in [5.74, 6) is -0.315. The summed E-state index contributed by atoms with van der Waals surface area (Å²) in [6, 6.07) is 1.38. The summed E-state index contributed by atoms with van der Waals surface area (Å²) in [4.78, 5) is 27.9. The van der Waals surface area contributed by atoms with Gasteiger partial charge in [-0.2, -0.15) is 0 Å². The Labute approximate surface area is 116 Å². The molecule has 1 fully saturated rings. The molecule has 2 N–H and O–H groups in total. The number of aromatic amines is 1. The second kappa shape index (κ2) is 4.98. The van der Waals surface area contributed by atoms with Crippen molar-refractivity contribution in [3.63, 3.8) is 0 Å². The van der Waals surface area contributed by atoms with E-state index in [-0.39, 0.29) is 17.4 Å². The van der Waals surface area contributed by atoms with Gasteiger partial charge in [0.2, 0.25) is 0 Å². The summed E-state index contributed by atoms with van der Waals surface area (Å²) in [6.07, 6.45) is 2.08. The van der Waals surface area contributed by atoms with Crippen molar-refractivity contribution in [1.82, 2.24) is 9.88 Å². The fourth-order valence-electron chi connectivity index (χ4n) is 2.31. The molecule has 1 saturated heterocycles. The summed E-state index contributed by atoms with van der Waals surface area (Å²) >= 11 is 5.79. The van der Waals surface area contributed by atoms with E-state index in [2.05, 4.69) is 4.98 Å². The monoisotopic (exact) mass is 284 g/mol. The first-order valence-corrected chi connectivity index (χ1v) is 6.56. The van der Waals surface area contributed by atoms with E-state index in [1.807, 2.05) is 0 Å². The highest BCUT2D eigenvalue weighted by molar-refractivity contribution is 6.30. The molecule has 0 spiro atoms. The van der Waals surface area contributed by atoms with Crippen LogP contribution in [0.25, 0.3) is 0 Å². The molecule has 6 heteroatoms. The molecule has 104 valence electrons. The van der Waals surface area contributed by atoms with Crippen LogP contribution in [0.5, 0.6) is 0 Å². The predicted molar refractivity (Wildman–Crippen MR) is 72.4 cm³/mol. The number of hydrogen-bond donors (Lipinski definition) is 2. The van der Waals surface area contributed by atoms with Gasteiger partial charge in [-0.1, -0.05) is 11.6 Å². The van der Waals surface area contributed by atoms with Crippen molar-refractivity contribution in [1.29, 1.82) is 0 Å². The molecule has 1 unspecified atom stereocenters. The van der Waals surface area contributed by atoms with Crippen LogP contribution in [0.1, 0.15) is 30.6 Å². The zero-order valence-electron chi connectivity index (χ0n) is 10.9. The van der Waals surface area contributed by atoms with E-state index in [9.17, 15) is 14.7 Å². The third-order valence-electron chi connectivity index (χ3n) is 3.57. The standard InChI is InChI=1S/C13H17ClN2O3/c1-13(2,19)8-3-4-16(7-8)12(18)10-5-9(14)6-15-11(10)17/h5-6,8,19H,3-4,7H2,1-2H3,(H,15,17). The molecule has 1 atom stereocenters. The Morgan fingerprint density at radius 3 is 2.84 bits per heavy atom. The summed E-state index contributed by atoms with van der Waals surface area (Å²) in [6.45, 7) is 4.46. The second-order valence-electron chi connectivity index (χ2n) is 5.45. The fourth-order valence-corrected chi connectivity index (χ4v) is 2.47. The van der Waals surface area contributed by atoms with Crippen molar-refractivity contribution in [2.24, 2.45) is 5.92 Å². The van der Waals surface area contributed by atoms with Crippen LogP contribution in [0, 0.1) is 5.92 Å². The number of likely N-dealkylation sites (tertiary alicyclic amines) is 1. The summed E-state index contributed by atoms with van der Waals surface area (Å²) in [5, 5.41) is 10.3. The van der Waals surface area contributed by atoms with Crippen LogP contribution in [-0.4, -0.2) is 39.6 Å². The Morgan fingerprint density at radius 1 is 1.58 bits per heavy atom. The quantitative estimate of drug-likeness (QED) is 0.859. The first-order valence-electron chi connectivity index (χ1n) is 6.19. The smallest absolute Gasteiger partial charge is 0.260 e. The van der Waals surface area contributed by atoms with Crippen molar-refractivity contribution in [3.05, 3.63) is 33.2 Å². The Morgan fingerprint density at radius 2 is 2.26 bits per heavy atom. The first-order chi connectivity index (χ1) is 8.79. The normalized spacial score (nSPS) is 19.8. The number of nitrogens with zero attached hydrogens (tertiary/aromatic N) is 1. The number of rotatable bonds is 2. The van der Waals surface area contributed by atoms with Gasteiger partial charge in [0, 0.05) is 25.2 Å². The molecule has 1 aromatic rings. The summed E-state index contributed by atoms with van der Waals surface area (Å²) in [5.41, 5.74) is -1.22. The van der Waals surface area contributed by atoms with Crippen LogP contribution < -0.4 is 5.56 Å². The third kappa shape index (κ3) is 2.98. The number of H-pyrrole nitrogens is 1. The fraction of sp³-hybridized carbons (Fsp3) is 0.538. The Kier molecular flexibility index (Phi) is 3.69. The number of carbonyl (C=O) groups is 1. The number of halogens is 1. The van der Waals surface area contributed by atoms with Gasteiger partial charge in [-0.15, -0.1) is 0 Å². The molecule has 0 saturated carbocycles. The molecule has 0 aromatic carbocycles. The van der Waals surface area contributed by atoms with Crippen LogP contribution in [0.3, 0.4) is 0 Å². The minimum atomic E-state index is -0.824. The molecule has 1 amide bonds. The van der Waals surface area contributed by atoms with Gasteiger partial charge in [0.25, 0.3) is 11.5 Å². The van der Waals surface area contributed by atoms with Gasteiger partial charge in [-0.3, -0.25) is 9.59 Å². The molecular formula is C13H17ClN2O3. The lowest BCUT2D eigenvalue weighted by atomic mass is 9.90. The number of hydrogen-bond acceptors (Lipinski definition) is 3. The van der Waals surface area contributed by atoms with Gasteiger partial charge in [0.05, 0.1) is 10.6 Å². The lowest BCUT2D eigenvalue weighted by molar-refractivity contribution is 0.0211. The maximum absolute atomic E-state index is 12.3. The maximum Gasteiger partial charge on any atom is 0.260 e. The van der Waals surface area contributed by atoms with Crippen LogP contribution in [0.15, 0.2) is 17.1 Å². The molecule has 0 radical (unpaired) electrons. The van der Waals surface area contributed by atoms with E-state index in [0.717, 1.165) is 6.42 Å². The van der Waals surface area contributed by atoms with Crippen LogP contribution in [-0.2, 0) is 0 Å². The predicted octanol–water partition coefficient (Wildman–Crippen LogP) is 1.26. The van der Waals surface area contributed by atoms with Crippen molar-refractivity contribution in [2.45, 2.75) is 25.9 Å². The molecule has 1 aliphatic heterocycles. The van der Waals surface area contributed by atoms with Crippen LogP contribution in [0.4, 0.5) is 0 Å². The van der Waals surface area contributed by atoms with Gasteiger partial charge >= 0.3 is 0 Å². The third-order valence-corrected chi connectivity index (χ3v) is 3.79. The van der Waals surface area contributed by atoms with Crippen LogP contribution >= 0.6 is 11.6 Å². The molecule has 0 aliphatic carbocycles. The average molecular weight is 285 g/mol. The Bertz CT molecular complexity index is 548. The van der Waals surface area contributed by atoms with E-state index in [0.29, 0.717) is 18.1 Å². The number of carbonyl (C=O) groups excluding carboxylic acids is 1. The Balaban J connectivity index is 2.18. The van der Waals surface area contributed by atoms with E-state index >= 15 is 0 Å². The molecule has 1 aromatic heterocycles. The molecular weight excluding hydrogens is 268 g/mol. The highest BCUT2D eigenvalue weighted by Crippen LogP contribution is 2.27. The largest absolute Gasteiger partial charge is 0.390 e. The van der Waals surface area contributed by atoms with Gasteiger partial charge < -0.3 is 15.0 Å². The molecule has 2 heterocycles. The lowest BCUT2D eigenvalue weighted by Crippen LogP contribution is -2.37. The number of amides is 1. The molecule has 0 bridgehead atoms. The number of aromatic nitrogens is 1. The highest BCUT2D eigenvalue weighted by Gasteiger charge is 2.36. The van der Waals surface area contributed by atoms with Crippen molar-refractivity contribution in [3.8, 4) is 0 Å². The SMILES string of the molecule is CC(C)(O)C1CCN(C(=O)c2cc(Cl)c[nH]c2=O)C1.